The van der Waals surface area contributed by atoms with Crippen molar-refractivity contribution in [2.24, 2.45) is 103 Å². The third kappa shape index (κ3) is 0.839. The minimum Gasteiger partial charge on any atom is -0.0648 e. The standard InChI is InChI=1S/C30H42/c1-8-28-12-29-10-16-15-9-17-21-23-22(19(29)13(15)2)27(7)26(23,6)25(17,5)14(3)20(16)24(21,4)11-18(28)30(27,28)29/h13-23H,8-12H2,1-7H3. The fourth-order valence-electron chi connectivity index (χ4n) is 18.9. The van der Waals surface area contributed by atoms with Crippen LogP contribution in [0.5, 0.6) is 0 Å². The molecule has 18 atom stereocenters. The van der Waals surface area contributed by atoms with Gasteiger partial charge in [-0.1, -0.05) is 48.5 Å². The van der Waals surface area contributed by atoms with Crippen molar-refractivity contribution in [2.45, 2.75) is 80.6 Å². The molecule has 0 N–H and O–H groups in total. The molecule has 0 aromatic rings. The number of hydrogen-bond donors (Lipinski definition) is 0. The molecular weight excluding hydrogens is 360 g/mol. The van der Waals surface area contributed by atoms with E-state index in [1.165, 1.54) is 6.42 Å². The summed E-state index contributed by atoms with van der Waals surface area (Å²) in [6.45, 7) is 20.0. The van der Waals surface area contributed by atoms with Gasteiger partial charge in [0.25, 0.3) is 0 Å². The van der Waals surface area contributed by atoms with E-state index >= 15 is 0 Å². The molecule has 0 radical (unpaired) electrons. The van der Waals surface area contributed by atoms with Crippen LogP contribution >= 0.6 is 0 Å². The normalized spacial score (nSPS) is 88.7. The van der Waals surface area contributed by atoms with Gasteiger partial charge >= 0.3 is 0 Å². The first kappa shape index (κ1) is 16.6. The molecule has 12 aliphatic carbocycles. The van der Waals surface area contributed by atoms with Gasteiger partial charge in [0.2, 0.25) is 0 Å². The quantitative estimate of drug-likeness (QED) is 0.448. The second-order valence-electron chi connectivity index (χ2n) is 16.3. The summed E-state index contributed by atoms with van der Waals surface area (Å²) in [4.78, 5) is 0. The highest BCUT2D eigenvalue weighted by molar-refractivity contribution is 5.56. The summed E-state index contributed by atoms with van der Waals surface area (Å²) in [5.41, 5.74) is 4.94. The second-order valence-corrected chi connectivity index (χ2v) is 16.3. The van der Waals surface area contributed by atoms with E-state index < -0.39 is 0 Å². The Balaban J connectivity index is 1.47. The molecule has 0 amide bonds. The molecule has 12 aliphatic rings. The van der Waals surface area contributed by atoms with E-state index in [2.05, 4.69) is 48.5 Å². The van der Waals surface area contributed by atoms with Crippen molar-refractivity contribution < 1.29 is 0 Å². The predicted molar refractivity (Wildman–Crippen MR) is 118 cm³/mol. The van der Waals surface area contributed by atoms with Gasteiger partial charge in [0.05, 0.1) is 0 Å². The zero-order chi connectivity index (χ0) is 20.4. The Hall–Kier alpha value is 0. The molecule has 0 aromatic heterocycles. The van der Waals surface area contributed by atoms with Crippen LogP contribution in [0.3, 0.4) is 0 Å². The van der Waals surface area contributed by atoms with Crippen molar-refractivity contribution in [3.05, 3.63) is 0 Å². The van der Waals surface area contributed by atoms with Crippen LogP contribution in [0.1, 0.15) is 80.6 Å². The first-order chi connectivity index (χ1) is 14.1. The minimum absolute atomic E-state index is 0.626. The Bertz CT molecular complexity index is 1010. The Morgan fingerprint density at radius 3 is 2.27 bits per heavy atom. The monoisotopic (exact) mass is 402 g/mol. The zero-order valence-corrected chi connectivity index (χ0v) is 20.4. The molecule has 12 fully saturated rings. The SMILES string of the molecule is CCC12CC34CC5C6CC7C8C9C(C3C6C)C3(C)C9(C)C7(C)C(C)C5C8(C)CC1C423. The Labute approximate surface area is 183 Å². The molecule has 12 saturated carbocycles. The zero-order valence-electron chi connectivity index (χ0n) is 20.4. The van der Waals surface area contributed by atoms with E-state index in [1.54, 1.807) is 25.7 Å². The molecule has 0 aromatic carbocycles. The highest BCUT2D eigenvalue weighted by atomic mass is 15.1. The molecule has 0 saturated heterocycles. The van der Waals surface area contributed by atoms with Crippen LogP contribution in [0, 0.1) is 103 Å². The molecule has 0 heterocycles. The summed E-state index contributed by atoms with van der Waals surface area (Å²) in [5.74, 6) is 11.8. The summed E-state index contributed by atoms with van der Waals surface area (Å²) in [6, 6.07) is 0. The van der Waals surface area contributed by atoms with Gasteiger partial charge in [-0.2, -0.15) is 0 Å². The van der Waals surface area contributed by atoms with Gasteiger partial charge in [0.15, 0.2) is 0 Å². The summed E-state index contributed by atoms with van der Waals surface area (Å²) < 4.78 is 0. The lowest BCUT2D eigenvalue weighted by Gasteiger charge is -2.74. The van der Waals surface area contributed by atoms with Gasteiger partial charge < -0.3 is 0 Å². The van der Waals surface area contributed by atoms with Crippen molar-refractivity contribution in [2.75, 3.05) is 0 Å². The Morgan fingerprint density at radius 1 is 0.800 bits per heavy atom. The minimum atomic E-state index is 0.626. The summed E-state index contributed by atoms with van der Waals surface area (Å²) in [7, 11) is 0. The van der Waals surface area contributed by atoms with Gasteiger partial charge in [0.1, 0.15) is 0 Å². The van der Waals surface area contributed by atoms with Crippen LogP contribution in [-0.2, 0) is 0 Å². The molecule has 0 aliphatic heterocycles. The fourth-order valence-corrected chi connectivity index (χ4v) is 18.9. The maximum absolute atomic E-state index is 2.97. The van der Waals surface area contributed by atoms with Crippen molar-refractivity contribution in [3.63, 3.8) is 0 Å². The molecule has 0 nitrogen and oxygen atoms in total. The maximum atomic E-state index is 2.97. The smallest absolute Gasteiger partial charge is 0.00822 e. The molecule has 12 bridgehead atoms. The molecule has 12 rings (SSSR count). The Kier molecular flexibility index (Phi) is 1.96. The fraction of sp³-hybridized carbons (Fsp3) is 1.00. The summed E-state index contributed by atoms with van der Waals surface area (Å²) in [5, 5.41) is 0. The third-order valence-corrected chi connectivity index (χ3v) is 18.3. The summed E-state index contributed by atoms with van der Waals surface area (Å²) >= 11 is 0. The van der Waals surface area contributed by atoms with Crippen molar-refractivity contribution >= 4 is 0 Å². The molecule has 30 heavy (non-hydrogen) atoms. The van der Waals surface area contributed by atoms with Gasteiger partial charge in [0, 0.05) is 0 Å². The Morgan fingerprint density at radius 2 is 1.53 bits per heavy atom. The van der Waals surface area contributed by atoms with Crippen LogP contribution in [0.15, 0.2) is 0 Å². The number of rotatable bonds is 1. The first-order valence-corrected chi connectivity index (χ1v) is 14.1. The van der Waals surface area contributed by atoms with E-state index in [0.717, 1.165) is 81.3 Å². The summed E-state index contributed by atoms with van der Waals surface area (Å²) in [6.07, 6.45) is 8.19. The van der Waals surface area contributed by atoms with Gasteiger partial charge in [-0.25, -0.2) is 0 Å². The highest BCUT2D eigenvalue weighted by Crippen LogP contribution is 3.13. The van der Waals surface area contributed by atoms with Gasteiger partial charge in [-0.15, -0.1) is 0 Å². The first-order valence-electron chi connectivity index (χ1n) is 14.1. The van der Waals surface area contributed by atoms with E-state index in [-0.39, 0.29) is 0 Å². The van der Waals surface area contributed by atoms with Crippen LogP contribution in [0.4, 0.5) is 0 Å². The van der Waals surface area contributed by atoms with Crippen molar-refractivity contribution in [3.8, 4) is 0 Å². The average molecular weight is 403 g/mol. The topological polar surface area (TPSA) is 0 Å². The van der Waals surface area contributed by atoms with Crippen LogP contribution in [-0.4, -0.2) is 0 Å². The van der Waals surface area contributed by atoms with Gasteiger partial charge in [-0.3, -0.25) is 0 Å². The average Bonchev–Trinajstić information content (AvgIpc) is 3.07. The lowest BCUT2D eigenvalue weighted by Crippen LogP contribution is -2.70. The van der Waals surface area contributed by atoms with Crippen LogP contribution in [0.2, 0.25) is 0 Å². The predicted octanol–water partition coefficient (Wildman–Crippen LogP) is 6.90. The lowest BCUT2D eigenvalue weighted by molar-refractivity contribution is -0.273. The van der Waals surface area contributed by atoms with E-state index in [4.69, 9.17) is 0 Å². The number of hydrogen-bond acceptors (Lipinski definition) is 0. The molecule has 18 unspecified atom stereocenters. The molecule has 2 spiro atoms. The lowest BCUT2D eigenvalue weighted by atomic mass is 9.30. The third-order valence-electron chi connectivity index (χ3n) is 18.3. The molecule has 162 valence electrons. The van der Waals surface area contributed by atoms with Crippen LogP contribution in [0.25, 0.3) is 0 Å². The molecular formula is C30H42. The largest absolute Gasteiger partial charge is 0.0648 e. The maximum Gasteiger partial charge on any atom is -0.00822 e. The second kappa shape index (κ2) is 3.55. The van der Waals surface area contributed by atoms with Gasteiger partial charge in [-0.05, 0) is 135 Å². The van der Waals surface area contributed by atoms with Crippen LogP contribution < -0.4 is 0 Å². The van der Waals surface area contributed by atoms with E-state index in [9.17, 15) is 0 Å². The van der Waals surface area contributed by atoms with Crippen molar-refractivity contribution in [1.82, 2.24) is 0 Å². The van der Waals surface area contributed by atoms with Crippen molar-refractivity contribution in [1.29, 1.82) is 0 Å². The van der Waals surface area contributed by atoms with E-state index in [0.29, 0.717) is 21.7 Å². The molecule has 0 heteroatoms. The highest BCUT2D eigenvalue weighted by Gasteiger charge is 3.09. The van der Waals surface area contributed by atoms with E-state index in [1.807, 2.05) is 0 Å².